The molecule has 0 heterocycles. The fourth-order valence-corrected chi connectivity index (χ4v) is 0.121. The van der Waals surface area contributed by atoms with Gasteiger partial charge >= 0.3 is 12.1 Å². The third kappa shape index (κ3) is 3.06. The molecule has 0 aliphatic rings. The van der Waals surface area contributed by atoms with Gasteiger partial charge in [0, 0.05) is 0 Å². The normalized spacial score (nSPS) is 9.90. The standard InChI is InChI=1S/C4H3F3O2.FH/c1-2(3(8)9)4(5,6)7;/h1H2,(H,8,9);1H. The van der Waals surface area contributed by atoms with E-state index in [1.54, 1.807) is 0 Å². The molecule has 1 N–H and O–H groups in total. The summed E-state index contributed by atoms with van der Waals surface area (Å²) in [6.45, 7) is 2.30. The van der Waals surface area contributed by atoms with Crippen molar-refractivity contribution < 1.29 is 27.8 Å². The summed E-state index contributed by atoms with van der Waals surface area (Å²) < 4.78 is 33.7. The molecular weight excluding hydrogens is 156 g/mol. The first kappa shape index (κ1) is 11.7. The largest absolute Gasteiger partial charge is 0.478 e. The molecule has 0 bridgehead atoms. The van der Waals surface area contributed by atoms with Gasteiger partial charge in [0.2, 0.25) is 0 Å². The molecule has 0 aliphatic heterocycles. The van der Waals surface area contributed by atoms with E-state index in [9.17, 15) is 18.0 Å². The molecule has 0 aliphatic carbocycles. The van der Waals surface area contributed by atoms with E-state index in [0.717, 1.165) is 0 Å². The van der Waals surface area contributed by atoms with Crippen LogP contribution in [0.4, 0.5) is 17.9 Å². The van der Waals surface area contributed by atoms with E-state index in [4.69, 9.17) is 5.11 Å². The van der Waals surface area contributed by atoms with Crippen LogP contribution in [0.3, 0.4) is 0 Å². The van der Waals surface area contributed by atoms with E-state index in [-0.39, 0.29) is 4.70 Å². The molecule has 0 rings (SSSR count). The van der Waals surface area contributed by atoms with E-state index < -0.39 is 17.7 Å². The number of carbonyl (C=O) groups is 1. The summed E-state index contributed by atoms with van der Waals surface area (Å²) in [6, 6.07) is 0. The van der Waals surface area contributed by atoms with E-state index in [2.05, 4.69) is 6.58 Å². The Labute approximate surface area is 53.3 Å². The van der Waals surface area contributed by atoms with E-state index in [0.29, 0.717) is 0 Å². The lowest BCUT2D eigenvalue weighted by atomic mass is 10.3. The molecule has 0 aromatic rings. The highest BCUT2D eigenvalue weighted by Crippen LogP contribution is 2.23. The average Bonchev–Trinajstić information content (AvgIpc) is 1.62. The van der Waals surface area contributed by atoms with Crippen molar-refractivity contribution >= 4 is 5.97 Å². The van der Waals surface area contributed by atoms with Gasteiger partial charge in [0.15, 0.2) is 0 Å². The highest BCUT2D eigenvalue weighted by molar-refractivity contribution is 5.87. The molecule has 6 heteroatoms. The highest BCUT2D eigenvalue weighted by Gasteiger charge is 2.36. The van der Waals surface area contributed by atoms with Gasteiger partial charge in [-0.2, -0.15) is 13.2 Å². The molecule has 0 aromatic carbocycles. The summed E-state index contributed by atoms with van der Waals surface area (Å²) in [6.07, 6.45) is -4.81. The van der Waals surface area contributed by atoms with Gasteiger partial charge in [0.1, 0.15) is 5.57 Å². The summed E-state index contributed by atoms with van der Waals surface area (Å²) in [5.74, 6) is -2.04. The predicted octanol–water partition coefficient (Wildman–Crippen LogP) is 1.34. The van der Waals surface area contributed by atoms with Crippen LogP contribution in [-0.2, 0) is 4.79 Å². The Bertz CT molecular complexity index is 148. The van der Waals surface area contributed by atoms with Crippen LogP contribution in [0.5, 0.6) is 0 Å². The second-order valence-electron chi connectivity index (χ2n) is 1.28. The fraction of sp³-hybridized carbons (Fsp3) is 0.250. The molecule has 0 amide bonds. The molecule has 0 saturated carbocycles. The Kier molecular flexibility index (Phi) is 3.73. The van der Waals surface area contributed by atoms with Gasteiger partial charge in [-0.3, -0.25) is 4.70 Å². The van der Waals surface area contributed by atoms with Crippen LogP contribution in [0.1, 0.15) is 0 Å². The lowest BCUT2D eigenvalue weighted by Crippen LogP contribution is -2.18. The number of carboxylic acids is 1. The number of alkyl halides is 3. The zero-order valence-corrected chi connectivity index (χ0v) is 4.60. The smallest absolute Gasteiger partial charge is 0.422 e. The first-order chi connectivity index (χ1) is 3.85. The summed E-state index contributed by atoms with van der Waals surface area (Å²) in [5.41, 5.74) is -1.75. The van der Waals surface area contributed by atoms with Crippen LogP contribution >= 0.6 is 0 Å². The first-order valence-electron chi connectivity index (χ1n) is 1.85. The molecular formula is C4H4F4O2. The molecule has 0 radical (unpaired) electrons. The highest BCUT2D eigenvalue weighted by atomic mass is 19.4. The van der Waals surface area contributed by atoms with Gasteiger partial charge in [0.25, 0.3) is 0 Å². The molecule has 0 aromatic heterocycles. The maximum atomic E-state index is 11.2. The van der Waals surface area contributed by atoms with Crippen molar-refractivity contribution in [3.05, 3.63) is 12.2 Å². The van der Waals surface area contributed by atoms with E-state index >= 15 is 0 Å². The number of hydrogen-bond donors (Lipinski definition) is 1. The Balaban J connectivity index is 0. The van der Waals surface area contributed by atoms with Crippen molar-refractivity contribution in [3.63, 3.8) is 0 Å². The molecule has 0 atom stereocenters. The number of aliphatic carboxylic acids is 1. The Hall–Kier alpha value is -1.07. The predicted molar refractivity (Wildman–Crippen MR) is 25.3 cm³/mol. The van der Waals surface area contributed by atoms with Crippen molar-refractivity contribution in [1.29, 1.82) is 0 Å². The van der Waals surface area contributed by atoms with Gasteiger partial charge in [-0.15, -0.1) is 0 Å². The minimum absolute atomic E-state index is 0. The molecule has 0 fully saturated rings. The molecule has 2 nitrogen and oxygen atoms in total. The molecule has 0 spiro atoms. The van der Waals surface area contributed by atoms with Crippen molar-refractivity contribution in [3.8, 4) is 0 Å². The lowest BCUT2D eigenvalue weighted by molar-refractivity contribution is -0.144. The zero-order chi connectivity index (χ0) is 7.65. The Morgan fingerprint density at radius 1 is 1.40 bits per heavy atom. The topological polar surface area (TPSA) is 37.3 Å². The summed E-state index contributed by atoms with van der Waals surface area (Å²) in [5, 5.41) is 7.70. The van der Waals surface area contributed by atoms with Crippen LogP contribution in [0.25, 0.3) is 0 Å². The average molecular weight is 160 g/mol. The summed E-state index contributed by atoms with van der Waals surface area (Å²) in [4.78, 5) is 9.53. The van der Waals surface area contributed by atoms with Crippen molar-refractivity contribution in [1.82, 2.24) is 0 Å². The van der Waals surface area contributed by atoms with Gasteiger partial charge in [0.05, 0.1) is 0 Å². The zero-order valence-electron chi connectivity index (χ0n) is 4.60. The van der Waals surface area contributed by atoms with E-state index in [1.165, 1.54) is 0 Å². The second-order valence-corrected chi connectivity index (χ2v) is 1.28. The van der Waals surface area contributed by atoms with Gasteiger partial charge in [-0.05, 0) is 0 Å². The first-order valence-corrected chi connectivity index (χ1v) is 1.85. The number of halogens is 4. The second kappa shape index (κ2) is 3.19. The maximum Gasteiger partial charge on any atom is 0.422 e. The number of carboxylic acid groups (broad SMARTS) is 1. The summed E-state index contributed by atoms with van der Waals surface area (Å²) in [7, 11) is 0. The maximum absolute atomic E-state index is 11.2. The number of rotatable bonds is 1. The van der Waals surface area contributed by atoms with Crippen LogP contribution in [0, 0.1) is 0 Å². The minimum Gasteiger partial charge on any atom is -0.478 e. The third-order valence-corrected chi connectivity index (χ3v) is 0.600. The SMILES string of the molecule is C=C(C(=O)O)C(F)(F)F.F. The molecule has 0 unspecified atom stereocenters. The molecule has 60 valence electrons. The van der Waals surface area contributed by atoms with Crippen LogP contribution in [0.15, 0.2) is 12.2 Å². The van der Waals surface area contributed by atoms with Crippen LogP contribution < -0.4 is 0 Å². The van der Waals surface area contributed by atoms with E-state index in [1.807, 2.05) is 0 Å². The van der Waals surface area contributed by atoms with Crippen molar-refractivity contribution in [2.45, 2.75) is 6.18 Å². The van der Waals surface area contributed by atoms with Gasteiger partial charge < -0.3 is 5.11 Å². The third-order valence-electron chi connectivity index (χ3n) is 0.600. The monoisotopic (exact) mass is 160 g/mol. The molecule has 0 saturated heterocycles. The lowest BCUT2D eigenvalue weighted by Gasteiger charge is -2.02. The minimum atomic E-state index is -4.81. The van der Waals surface area contributed by atoms with Crippen LogP contribution in [0.2, 0.25) is 0 Å². The Morgan fingerprint density at radius 3 is 1.70 bits per heavy atom. The fourth-order valence-electron chi connectivity index (χ4n) is 0.121. The van der Waals surface area contributed by atoms with Crippen LogP contribution in [-0.4, -0.2) is 17.3 Å². The van der Waals surface area contributed by atoms with Gasteiger partial charge in [-0.1, -0.05) is 6.58 Å². The Morgan fingerprint density at radius 2 is 1.70 bits per heavy atom. The molecule has 10 heavy (non-hydrogen) atoms. The quantitative estimate of drug-likeness (QED) is 0.464. The summed E-state index contributed by atoms with van der Waals surface area (Å²) >= 11 is 0. The number of hydrogen-bond acceptors (Lipinski definition) is 1. The van der Waals surface area contributed by atoms with Crippen molar-refractivity contribution in [2.75, 3.05) is 0 Å². The van der Waals surface area contributed by atoms with Gasteiger partial charge in [-0.25, -0.2) is 4.79 Å². The van der Waals surface area contributed by atoms with Crippen molar-refractivity contribution in [2.24, 2.45) is 0 Å².